The number of piperidine rings is 1. The molecule has 0 aromatic heterocycles. The normalized spacial score (nSPS) is 24.8. The van der Waals surface area contributed by atoms with Crippen molar-refractivity contribution in [3.63, 3.8) is 0 Å². The van der Waals surface area contributed by atoms with Gasteiger partial charge in [-0.15, -0.1) is 0 Å². The molecule has 26 heavy (non-hydrogen) atoms. The van der Waals surface area contributed by atoms with Gasteiger partial charge in [0.1, 0.15) is 11.6 Å². The van der Waals surface area contributed by atoms with E-state index in [1.165, 1.54) is 0 Å². The van der Waals surface area contributed by atoms with E-state index in [0.717, 1.165) is 50.2 Å². The number of rotatable bonds is 3. The van der Waals surface area contributed by atoms with E-state index in [9.17, 15) is 4.79 Å². The Bertz CT molecular complexity index is 736. The average molecular weight is 355 g/mol. The maximum Gasteiger partial charge on any atom is 0.254 e. The quantitative estimate of drug-likeness (QED) is 0.880. The van der Waals surface area contributed by atoms with Crippen molar-refractivity contribution < 1.29 is 9.63 Å². The Balaban J connectivity index is 1.31. The van der Waals surface area contributed by atoms with Crippen molar-refractivity contribution in [1.29, 1.82) is 0 Å². The summed E-state index contributed by atoms with van der Waals surface area (Å²) in [7, 11) is 3.80. The number of carbonyl (C=O) groups is 1. The van der Waals surface area contributed by atoms with E-state index < -0.39 is 5.54 Å². The molecule has 1 spiro atoms. The van der Waals surface area contributed by atoms with Crippen LogP contribution in [0.2, 0.25) is 0 Å². The molecule has 138 valence electrons. The first-order valence-corrected chi connectivity index (χ1v) is 9.15. The molecule has 3 aliphatic rings. The summed E-state index contributed by atoms with van der Waals surface area (Å²) in [5.74, 6) is 0.705. The molecule has 3 heterocycles. The molecule has 1 aromatic carbocycles. The van der Waals surface area contributed by atoms with Crippen molar-refractivity contribution in [3.05, 3.63) is 35.9 Å². The first-order valence-electron chi connectivity index (χ1n) is 9.15. The van der Waals surface area contributed by atoms with Crippen LogP contribution < -0.4 is 5.32 Å². The van der Waals surface area contributed by atoms with Crippen LogP contribution in [0.1, 0.15) is 24.8 Å². The third-order valence-corrected chi connectivity index (χ3v) is 5.38. The number of oxime groups is 1. The fraction of sp³-hybridized carbons (Fsp3) is 0.526. The van der Waals surface area contributed by atoms with Crippen LogP contribution in [-0.4, -0.2) is 72.8 Å². The molecule has 1 amide bonds. The van der Waals surface area contributed by atoms with Gasteiger partial charge in [-0.05, 0) is 18.4 Å². The van der Waals surface area contributed by atoms with Crippen LogP contribution >= 0.6 is 0 Å². The smallest absolute Gasteiger partial charge is 0.254 e. The molecule has 7 heteroatoms. The highest BCUT2D eigenvalue weighted by atomic mass is 16.6. The summed E-state index contributed by atoms with van der Waals surface area (Å²) in [6, 6.07) is 10.2. The van der Waals surface area contributed by atoms with Crippen molar-refractivity contribution in [2.75, 3.05) is 33.7 Å². The van der Waals surface area contributed by atoms with Crippen molar-refractivity contribution in [2.24, 2.45) is 10.1 Å². The maximum absolute atomic E-state index is 12.4. The second-order valence-corrected chi connectivity index (χ2v) is 7.45. The molecule has 3 aliphatic heterocycles. The van der Waals surface area contributed by atoms with E-state index in [4.69, 9.17) is 4.84 Å². The van der Waals surface area contributed by atoms with E-state index in [1.807, 2.05) is 37.2 Å². The second kappa shape index (κ2) is 6.72. The number of carbonyl (C=O) groups excluding carboxylic acids is 1. The SMILES string of the molecule is CN(C)C1=NC2(CCN(C[C@@H]3CC(c4ccccc4)=NO3)CC2)C(=O)N1. The van der Waals surface area contributed by atoms with Gasteiger partial charge in [0.15, 0.2) is 0 Å². The fourth-order valence-electron chi connectivity index (χ4n) is 3.77. The van der Waals surface area contributed by atoms with Crippen LogP contribution in [0.5, 0.6) is 0 Å². The molecule has 0 radical (unpaired) electrons. The molecule has 4 rings (SSSR count). The lowest BCUT2D eigenvalue weighted by molar-refractivity contribution is -0.125. The Hall–Kier alpha value is -2.41. The lowest BCUT2D eigenvalue weighted by Crippen LogP contribution is -2.50. The molecule has 1 fully saturated rings. The van der Waals surface area contributed by atoms with Crippen molar-refractivity contribution in [2.45, 2.75) is 30.9 Å². The lowest BCUT2D eigenvalue weighted by atomic mass is 9.88. The Morgan fingerprint density at radius 2 is 2.00 bits per heavy atom. The van der Waals surface area contributed by atoms with Crippen molar-refractivity contribution in [3.8, 4) is 0 Å². The standard InChI is InChI=1S/C19H25N5O2/c1-23(2)18-20-17(25)19(21-18)8-10-24(11-9-19)13-15-12-16(22-26-15)14-6-4-3-5-7-14/h3-7,15H,8-13H2,1-2H3,(H,20,21,25)/t15-/m0/s1. The van der Waals surface area contributed by atoms with Gasteiger partial charge in [0.05, 0.1) is 5.71 Å². The summed E-state index contributed by atoms with van der Waals surface area (Å²) in [5, 5.41) is 7.16. The largest absolute Gasteiger partial charge is 0.390 e. The van der Waals surface area contributed by atoms with Crippen LogP contribution in [-0.2, 0) is 9.63 Å². The molecule has 0 aliphatic carbocycles. The van der Waals surface area contributed by atoms with E-state index in [-0.39, 0.29) is 12.0 Å². The number of hydrogen-bond acceptors (Lipinski definition) is 6. The number of amides is 1. The highest BCUT2D eigenvalue weighted by Crippen LogP contribution is 2.30. The van der Waals surface area contributed by atoms with Crippen LogP contribution in [0, 0.1) is 0 Å². The van der Waals surface area contributed by atoms with Crippen LogP contribution in [0.25, 0.3) is 0 Å². The number of nitrogens with one attached hydrogen (secondary N) is 1. The van der Waals surface area contributed by atoms with Gasteiger partial charge in [-0.25, -0.2) is 4.99 Å². The Morgan fingerprint density at radius 3 is 2.65 bits per heavy atom. The number of nitrogens with zero attached hydrogens (tertiary/aromatic N) is 4. The first kappa shape index (κ1) is 17.0. The van der Waals surface area contributed by atoms with Gasteiger partial charge in [0.25, 0.3) is 5.91 Å². The summed E-state index contributed by atoms with van der Waals surface area (Å²) in [6.07, 6.45) is 2.40. The highest BCUT2D eigenvalue weighted by molar-refractivity contribution is 6.07. The number of guanidine groups is 1. The second-order valence-electron chi connectivity index (χ2n) is 7.45. The number of aliphatic imine (C=N–C) groups is 1. The van der Waals surface area contributed by atoms with E-state index in [2.05, 4.69) is 32.5 Å². The van der Waals surface area contributed by atoms with Gasteiger partial charge in [0, 0.05) is 40.2 Å². The predicted octanol–water partition coefficient (Wildman–Crippen LogP) is 1.06. The zero-order valence-corrected chi connectivity index (χ0v) is 15.3. The molecule has 1 N–H and O–H groups in total. The van der Waals surface area contributed by atoms with Gasteiger partial charge < -0.3 is 9.74 Å². The minimum atomic E-state index is -0.585. The molecule has 0 saturated carbocycles. The highest BCUT2D eigenvalue weighted by Gasteiger charge is 2.46. The molecule has 7 nitrogen and oxygen atoms in total. The van der Waals surface area contributed by atoms with Crippen LogP contribution in [0.3, 0.4) is 0 Å². The minimum Gasteiger partial charge on any atom is -0.390 e. The number of hydrogen-bond donors (Lipinski definition) is 1. The third kappa shape index (κ3) is 3.19. The fourth-order valence-corrected chi connectivity index (χ4v) is 3.77. The van der Waals surface area contributed by atoms with Crippen molar-refractivity contribution >= 4 is 17.6 Å². The number of benzene rings is 1. The first-order chi connectivity index (χ1) is 12.6. The molecule has 1 atom stereocenters. The van der Waals surface area contributed by atoms with Gasteiger partial charge in [-0.1, -0.05) is 35.5 Å². The Labute approximate surface area is 153 Å². The summed E-state index contributed by atoms with van der Waals surface area (Å²) >= 11 is 0. The zero-order chi connectivity index (χ0) is 18.1. The van der Waals surface area contributed by atoms with E-state index in [1.54, 1.807) is 0 Å². The van der Waals surface area contributed by atoms with Gasteiger partial charge >= 0.3 is 0 Å². The van der Waals surface area contributed by atoms with Gasteiger partial charge in [-0.2, -0.15) is 0 Å². The molecule has 0 bridgehead atoms. The summed E-state index contributed by atoms with van der Waals surface area (Å²) in [4.78, 5) is 26.9. The monoisotopic (exact) mass is 355 g/mol. The van der Waals surface area contributed by atoms with E-state index in [0.29, 0.717) is 5.96 Å². The topological polar surface area (TPSA) is 69.5 Å². The zero-order valence-electron chi connectivity index (χ0n) is 15.3. The van der Waals surface area contributed by atoms with Gasteiger partial charge in [0.2, 0.25) is 5.96 Å². The lowest BCUT2D eigenvalue weighted by Gasteiger charge is -2.36. The minimum absolute atomic E-state index is 0.0349. The Kier molecular flexibility index (Phi) is 4.40. The molecular formula is C19H25N5O2. The Morgan fingerprint density at radius 1 is 1.27 bits per heavy atom. The summed E-state index contributed by atoms with van der Waals surface area (Å²) in [6.45, 7) is 2.53. The molecule has 1 aromatic rings. The molecular weight excluding hydrogens is 330 g/mol. The molecule has 0 unspecified atom stereocenters. The number of likely N-dealkylation sites (tertiary alicyclic amines) is 1. The predicted molar refractivity (Wildman–Crippen MR) is 100 cm³/mol. The summed E-state index contributed by atoms with van der Waals surface area (Å²) in [5.41, 5.74) is 1.55. The van der Waals surface area contributed by atoms with Crippen molar-refractivity contribution in [1.82, 2.24) is 15.1 Å². The summed E-state index contributed by atoms with van der Waals surface area (Å²) < 4.78 is 0. The maximum atomic E-state index is 12.4. The van der Waals surface area contributed by atoms with Crippen LogP contribution in [0.4, 0.5) is 0 Å². The van der Waals surface area contributed by atoms with E-state index >= 15 is 0 Å². The van der Waals surface area contributed by atoms with Gasteiger partial charge in [-0.3, -0.25) is 15.0 Å². The average Bonchev–Trinajstić information content (AvgIpc) is 3.24. The van der Waals surface area contributed by atoms with Crippen LogP contribution in [0.15, 0.2) is 40.5 Å². The molecule has 1 saturated heterocycles. The third-order valence-electron chi connectivity index (χ3n) is 5.38.